The van der Waals surface area contributed by atoms with Crippen molar-refractivity contribution in [3.63, 3.8) is 0 Å². The third-order valence-electron chi connectivity index (χ3n) is 4.72. The molecule has 2 aromatic rings. The summed E-state index contributed by atoms with van der Waals surface area (Å²) in [4.78, 5) is 14.8. The second-order valence-corrected chi connectivity index (χ2v) is 6.46. The fourth-order valence-electron chi connectivity index (χ4n) is 3.26. The Labute approximate surface area is 134 Å². The van der Waals surface area contributed by atoms with E-state index in [0.717, 1.165) is 25.1 Å². The van der Waals surface area contributed by atoms with E-state index in [-0.39, 0.29) is 11.9 Å². The molecule has 1 atom stereocenters. The number of likely N-dealkylation sites (tertiary alicyclic amines) is 1. The van der Waals surface area contributed by atoms with Crippen molar-refractivity contribution in [1.82, 2.24) is 30.1 Å². The number of aromatic nitrogens is 5. The first-order valence-corrected chi connectivity index (χ1v) is 8.21. The van der Waals surface area contributed by atoms with Crippen LogP contribution in [0.25, 0.3) is 0 Å². The highest BCUT2D eigenvalue weighted by atomic mass is 16.2. The van der Waals surface area contributed by atoms with Crippen LogP contribution in [-0.4, -0.2) is 48.6 Å². The highest BCUT2D eigenvalue weighted by molar-refractivity contribution is 5.95. The van der Waals surface area contributed by atoms with E-state index < -0.39 is 0 Å². The molecule has 23 heavy (non-hydrogen) atoms. The van der Waals surface area contributed by atoms with E-state index in [1.807, 2.05) is 22.7 Å². The van der Waals surface area contributed by atoms with Gasteiger partial charge in [0.25, 0.3) is 5.91 Å². The number of hydrogen-bond donors (Lipinski definition) is 0. The first kappa shape index (κ1) is 14.3. The normalized spacial score (nSPS) is 20.9. The van der Waals surface area contributed by atoms with Gasteiger partial charge in [-0.15, -0.1) is 5.10 Å². The molecular weight excluding hydrogens is 292 g/mol. The Balaban J connectivity index is 1.49. The van der Waals surface area contributed by atoms with Crippen LogP contribution in [0.4, 0.5) is 0 Å². The third-order valence-corrected chi connectivity index (χ3v) is 4.72. The number of carbonyl (C=O) groups is 1. The van der Waals surface area contributed by atoms with Gasteiger partial charge in [-0.05, 0) is 38.7 Å². The van der Waals surface area contributed by atoms with Gasteiger partial charge in [-0.3, -0.25) is 9.48 Å². The molecule has 0 aromatic carbocycles. The van der Waals surface area contributed by atoms with Crippen molar-refractivity contribution in [2.45, 2.75) is 51.1 Å². The van der Waals surface area contributed by atoms with Crippen molar-refractivity contribution in [3.05, 3.63) is 35.4 Å². The topological polar surface area (TPSA) is 76.8 Å². The van der Waals surface area contributed by atoms with Crippen molar-refractivity contribution in [2.24, 2.45) is 0 Å². The van der Waals surface area contributed by atoms with Gasteiger partial charge in [0.2, 0.25) is 0 Å². The van der Waals surface area contributed by atoms with Gasteiger partial charge >= 0.3 is 0 Å². The summed E-state index contributed by atoms with van der Waals surface area (Å²) in [6.45, 7) is 3.32. The largest absolute Gasteiger partial charge is 0.334 e. The Bertz CT molecular complexity index is 723. The molecule has 0 unspecified atom stereocenters. The summed E-state index contributed by atoms with van der Waals surface area (Å²) in [5, 5.41) is 16.3. The van der Waals surface area contributed by atoms with Crippen LogP contribution in [-0.2, 0) is 6.54 Å². The highest BCUT2D eigenvalue weighted by Crippen LogP contribution is 2.38. The van der Waals surface area contributed by atoms with E-state index in [2.05, 4.69) is 20.5 Å². The molecule has 120 valence electrons. The van der Waals surface area contributed by atoms with Gasteiger partial charge in [-0.25, -0.2) is 0 Å². The molecule has 1 aliphatic carbocycles. The number of aryl methyl sites for hydroxylation is 1. The Morgan fingerprint density at radius 2 is 2.17 bits per heavy atom. The summed E-state index contributed by atoms with van der Waals surface area (Å²) in [6.07, 6.45) is 8.09. The van der Waals surface area contributed by atoms with Crippen LogP contribution < -0.4 is 0 Å². The van der Waals surface area contributed by atoms with Gasteiger partial charge in [0, 0.05) is 18.7 Å². The minimum atomic E-state index is 0.0439. The molecule has 1 aliphatic heterocycles. The Hall–Kier alpha value is -2.31. The second-order valence-electron chi connectivity index (χ2n) is 6.46. The number of carbonyl (C=O) groups excluding carboxylic acids is 1. The predicted molar refractivity (Wildman–Crippen MR) is 82.8 cm³/mol. The summed E-state index contributed by atoms with van der Waals surface area (Å²) >= 11 is 0. The lowest BCUT2D eigenvalue weighted by Gasteiger charge is -2.24. The molecular formula is C16H20N6O. The van der Waals surface area contributed by atoms with Crippen molar-refractivity contribution in [1.29, 1.82) is 0 Å². The fourth-order valence-corrected chi connectivity index (χ4v) is 3.26. The first-order valence-electron chi connectivity index (χ1n) is 8.21. The number of hydrogen-bond acceptors (Lipinski definition) is 5. The van der Waals surface area contributed by atoms with Crippen LogP contribution in [0.5, 0.6) is 0 Å². The average Bonchev–Trinajstić information content (AvgIpc) is 3.13. The van der Waals surface area contributed by atoms with E-state index in [0.29, 0.717) is 23.7 Å². The van der Waals surface area contributed by atoms with E-state index in [4.69, 9.17) is 0 Å². The van der Waals surface area contributed by atoms with E-state index in [9.17, 15) is 4.79 Å². The lowest BCUT2D eigenvalue weighted by atomic mass is 10.1. The SMILES string of the molecule is Cc1nnccc1C(=O)N1CCC[C@H]1Cn1cc(C2CC2)nn1. The zero-order valence-electron chi connectivity index (χ0n) is 13.2. The first-order chi connectivity index (χ1) is 11.2. The van der Waals surface area contributed by atoms with Crippen LogP contribution in [0, 0.1) is 6.92 Å². The molecule has 3 heterocycles. The molecule has 0 radical (unpaired) electrons. The lowest BCUT2D eigenvalue weighted by molar-refractivity contribution is 0.0719. The Morgan fingerprint density at radius 1 is 1.30 bits per heavy atom. The quantitative estimate of drug-likeness (QED) is 0.856. The minimum Gasteiger partial charge on any atom is -0.334 e. The number of rotatable bonds is 4. The molecule has 0 spiro atoms. The smallest absolute Gasteiger partial charge is 0.256 e. The van der Waals surface area contributed by atoms with E-state index in [1.165, 1.54) is 12.8 Å². The average molecular weight is 312 g/mol. The summed E-state index contributed by atoms with van der Waals surface area (Å²) in [5.41, 5.74) is 2.42. The molecule has 7 nitrogen and oxygen atoms in total. The Morgan fingerprint density at radius 3 is 2.96 bits per heavy atom. The van der Waals surface area contributed by atoms with Crippen LogP contribution in [0.2, 0.25) is 0 Å². The van der Waals surface area contributed by atoms with Crippen LogP contribution >= 0.6 is 0 Å². The van der Waals surface area contributed by atoms with Crippen LogP contribution in [0.15, 0.2) is 18.5 Å². The van der Waals surface area contributed by atoms with Crippen LogP contribution in [0.3, 0.4) is 0 Å². The molecule has 2 fully saturated rings. The van der Waals surface area contributed by atoms with Crippen molar-refractivity contribution < 1.29 is 4.79 Å². The summed E-state index contributed by atoms with van der Waals surface area (Å²) in [6, 6.07) is 1.92. The summed E-state index contributed by atoms with van der Waals surface area (Å²) in [5.74, 6) is 0.651. The molecule has 2 aromatic heterocycles. The molecule has 1 amide bonds. The molecule has 1 saturated carbocycles. The maximum atomic E-state index is 12.8. The molecule has 1 saturated heterocycles. The van der Waals surface area contributed by atoms with E-state index in [1.54, 1.807) is 12.3 Å². The molecule has 0 bridgehead atoms. The van der Waals surface area contributed by atoms with Crippen molar-refractivity contribution >= 4 is 5.91 Å². The zero-order valence-corrected chi connectivity index (χ0v) is 13.2. The highest BCUT2D eigenvalue weighted by Gasteiger charge is 2.32. The molecule has 2 aliphatic rings. The third kappa shape index (κ3) is 2.83. The molecule has 0 N–H and O–H groups in total. The molecule has 4 rings (SSSR count). The van der Waals surface area contributed by atoms with Gasteiger partial charge in [0.05, 0.1) is 35.7 Å². The van der Waals surface area contributed by atoms with Crippen LogP contribution in [0.1, 0.15) is 53.3 Å². The van der Waals surface area contributed by atoms with Gasteiger partial charge in [0.1, 0.15) is 0 Å². The standard InChI is InChI=1S/C16H20N6O/c1-11-14(6-7-17-18-11)16(23)22-8-2-3-13(22)9-21-10-15(19-20-21)12-4-5-12/h6-7,10,12-13H,2-5,8-9H2,1H3/t13-/m0/s1. The van der Waals surface area contributed by atoms with Gasteiger partial charge in [-0.2, -0.15) is 10.2 Å². The minimum absolute atomic E-state index is 0.0439. The summed E-state index contributed by atoms with van der Waals surface area (Å²) < 4.78 is 1.89. The van der Waals surface area contributed by atoms with Crippen molar-refractivity contribution in [3.8, 4) is 0 Å². The van der Waals surface area contributed by atoms with Gasteiger partial charge < -0.3 is 4.90 Å². The van der Waals surface area contributed by atoms with E-state index >= 15 is 0 Å². The number of amides is 1. The zero-order chi connectivity index (χ0) is 15.8. The summed E-state index contributed by atoms with van der Waals surface area (Å²) in [7, 11) is 0. The Kier molecular flexibility index (Phi) is 3.55. The monoisotopic (exact) mass is 312 g/mol. The number of nitrogens with zero attached hydrogens (tertiary/aromatic N) is 6. The molecule has 7 heteroatoms. The van der Waals surface area contributed by atoms with Crippen molar-refractivity contribution in [2.75, 3.05) is 6.54 Å². The maximum Gasteiger partial charge on any atom is 0.256 e. The predicted octanol–water partition coefficient (Wildman–Crippen LogP) is 1.56. The van der Waals surface area contributed by atoms with Gasteiger partial charge in [0.15, 0.2) is 0 Å². The maximum absolute atomic E-state index is 12.8. The fraction of sp³-hybridized carbons (Fsp3) is 0.562. The second kappa shape index (κ2) is 5.72. The lowest BCUT2D eigenvalue weighted by Crippen LogP contribution is -2.38. The van der Waals surface area contributed by atoms with Gasteiger partial charge in [-0.1, -0.05) is 5.21 Å².